The second-order valence-corrected chi connectivity index (χ2v) is 4.60. The maximum absolute atomic E-state index is 6.10. The molecule has 0 bridgehead atoms. The zero-order valence-corrected chi connectivity index (χ0v) is 10.8. The van der Waals surface area contributed by atoms with Gasteiger partial charge in [-0.2, -0.15) is 0 Å². The van der Waals surface area contributed by atoms with E-state index in [1.807, 2.05) is 12.1 Å². The first-order valence-corrected chi connectivity index (χ1v) is 6.48. The van der Waals surface area contributed by atoms with Crippen LogP contribution < -0.4 is 14.8 Å². The van der Waals surface area contributed by atoms with Crippen molar-refractivity contribution >= 4 is 11.6 Å². The van der Waals surface area contributed by atoms with Gasteiger partial charge in [-0.05, 0) is 30.7 Å². The van der Waals surface area contributed by atoms with Crippen molar-refractivity contribution in [1.29, 1.82) is 0 Å². The molecule has 1 aliphatic rings. The normalized spacial score (nSPS) is 13.1. The topological polar surface area (TPSA) is 30.5 Å². The highest BCUT2D eigenvalue weighted by molar-refractivity contribution is 6.32. The third-order valence-electron chi connectivity index (χ3n) is 2.77. The summed E-state index contributed by atoms with van der Waals surface area (Å²) in [7, 11) is 0. The van der Waals surface area contributed by atoms with Crippen molar-refractivity contribution in [3.05, 3.63) is 22.7 Å². The standard InChI is InChI=1S/C13H18ClNO2/c1-2-3-4-5-15-8-10-6-11(14)13-12(7-10)16-9-17-13/h6-7,15H,2-5,8-9H2,1H3. The number of halogens is 1. The van der Waals surface area contributed by atoms with Gasteiger partial charge < -0.3 is 14.8 Å². The van der Waals surface area contributed by atoms with Gasteiger partial charge in [-0.1, -0.05) is 31.4 Å². The van der Waals surface area contributed by atoms with Gasteiger partial charge in [-0.3, -0.25) is 0 Å². The molecule has 17 heavy (non-hydrogen) atoms. The van der Waals surface area contributed by atoms with E-state index in [-0.39, 0.29) is 6.79 Å². The summed E-state index contributed by atoms with van der Waals surface area (Å²) in [6.07, 6.45) is 3.74. The number of benzene rings is 1. The van der Waals surface area contributed by atoms with Gasteiger partial charge >= 0.3 is 0 Å². The third kappa shape index (κ3) is 3.27. The molecule has 0 unspecified atom stereocenters. The number of hydrogen-bond acceptors (Lipinski definition) is 3. The lowest BCUT2D eigenvalue weighted by Crippen LogP contribution is -2.14. The minimum atomic E-state index is 0.266. The highest BCUT2D eigenvalue weighted by Gasteiger charge is 2.17. The molecule has 4 heteroatoms. The fraction of sp³-hybridized carbons (Fsp3) is 0.538. The molecule has 0 spiro atoms. The fourth-order valence-electron chi connectivity index (χ4n) is 1.86. The van der Waals surface area contributed by atoms with Gasteiger partial charge in [-0.25, -0.2) is 0 Å². The van der Waals surface area contributed by atoms with Crippen molar-refractivity contribution in [2.24, 2.45) is 0 Å². The highest BCUT2D eigenvalue weighted by atomic mass is 35.5. The molecule has 0 saturated heterocycles. The van der Waals surface area contributed by atoms with Crippen LogP contribution in [0.25, 0.3) is 0 Å². The number of fused-ring (bicyclic) bond motifs is 1. The molecule has 1 aliphatic heterocycles. The largest absolute Gasteiger partial charge is 0.454 e. The summed E-state index contributed by atoms with van der Waals surface area (Å²) in [5, 5.41) is 4.03. The van der Waals surface area contributed by atoms with E-state index in [0.717, 1.165) is 24.4 Å². The molecule has 0 radical (unpaired) electrons. The summed E-state index contributed by atoms with van der Waals surface area (Å²) in [6.45, 7) is 4.33. The number of ether oxygens (including phenoxy) is 2. The average molecular weight is 256 g/mol. The summed E-state index contributed by atoms with van der Waals surface area (Å²) in [5.74, 6) is 1.42. The molecule has 3 nitrogen and oxygen atoms in total. The van der Waals surface area contributed by atoms with E-state index < -0.39 is 0 Å². The summed E-state index contributed by atoms with van der Waals surface area (Å²) in [5.41, 5.74) is 1.13. The zero-order valence-electron chi connectivity index (χ0n) is 10.1. The lowest BCUT2D eigenvalue weighted by Gasteiger charge is -2.06. The minimum absolute atomic E-state index is 0.266. The average Bonchev–Trinajstić information content (AvgIpc) is 2.77. The molecule has 1 N–H and O–H groups in total. The second-order valence-electron chi connectivity index (χ2n) is 4.20. The molecule has 2 rings (SSSR count). The molecule has 0 amide bonds. The predicted octanol–water partition coefficient (Wildman–Crippen LogP) is 3.35. The first kappa shape index (κ1) is 12.5. The maximum Gasteiger partial charge on any atom is 0.231 e. The molecular weight excluding hydrogens is 238 g/mol. The van der Waals surface area contributed by atoms with Crippen molar-refractivity contribution < 1.29 is 9.47 Å². The van der Waals surface area contributed by atoms with E-state index >= 15 is 0 Å². The van der Waals surface area contributed by atoms with Gasteiger partial charge in [0, 0.05) is 6.54 Å². The Labute approximate surface area is 107 Å². The Balaban J connectivity index is 1.87. The number of nitrogens with one attached hydrogen (secondary N) is 1. The van der Waals surface area contributed by atoms with Crippen LogP contribution in [0.1, 0.15) is 31.7 Å². The predicted molar refractivity (Wildman–Crippen MR) is 68.8 cm³/mol. The van der Waals surface area contributed by atoms with Crippen LogP contribution in [0.4, 0.5) is 0 Å². The van der Waals surface area contributed by atoms with Crippen molar-refractivity contribution in [1.82, 2.24) is 5.32 Å². The van der Waals surface area contributed by atoms with Crippen LogP contribution >= 0.6 is 11.6 Å². The quantitative estimate of drug-likeness (QED) is 0.791. The van der Waals surface area contributed by atoms with Crippen molar-refractivity contribution in [3.63, 3.8) is 0 Å². The molecule has 1 heterocycles. The molecule has 1 aromatic carbocycles. The Morgan fingerprint density at radius 2 is 2.18 bits per heavy atom. The Morgan fingerprint density at radius 1 is 1.29 bits per heavy atom. The lowest BCUT2D eigenvalue weighted by molar-refractivity contribution is 0.174. The minimum Gasteiger partial charge on any atom is -0.454 e. The molecular formula is C13H18ClNO2. The third-order valence-corrected chi connectivity index (χ3v) is 3.05. The van der Waals surface area contributed by atoms with E-state index in [9.17, 15) is 0 Å². The highest BCUT2D eigenvalue weighted by Crippen LogP contribution is 2.39. The van der Waals surface area contributed by atoms with Crippen LogP contribution in [-0.2, 0) is 6.54 Å². The van der Waals surface area contributed by atoms with E-state index in [0.29, 0.717) is 10.8 Å². The van der Waals surface area contributed by atoms with Gasteiger partial charge in [0.15, 0.2) is 11.5 Å². The zero-order chi connectivity index (χ0) is 12.1. The summed E-state index contributed by atoms with van der Waals surface area (Å²) in [4.78, 5) is 0. The van der Waals surface area contributed by atoms with Crippen LogP contribution in [0.3, 0.4) is 0 Å². The molecule has 0 aliphatic carbocycles. The monoisotopic (exact) mass is 255 g/mol. The van der Waals surface area contributed by atoms with Crippen LogP contribution in [0.5, 0.6) is 11.5 Å². The van der Waals surface area contributed by atoms with E-state index in [4.69, 9.17) is 21.1 Å². The number of rotatable bonds is 6. The Bertz CT molecular complexity index is 382. The molecule has 1 aromatic rings. The van der Waals surface area contributed by atoms with Crippen molar-refractivity contribution in [2.75, 3.05) is 13.3 Å². The Morgan fingerprint density at radius 3 is 3.00 bits per heavy atom. The second kappa shape index (κ2) is 6.12. The van der Waals surface area contributed by atoms with Crippen LogP contribution in [0.15, 0.2) is 12.1 Å². The smallest absolute Gasteiger partial charge is 0.231 e. The summed E-state index contributed by atoms with van der Waals surface area (Å²) < 4.78 is 10.6. The van der Waals surface area contributed by atoms with E-state index in [2.05, 4.69) is 12.2 Å². The van der Waals surface area contributed by atoms with Crippen molar-refractivity contribution in [3.8, 4) is 11.5 Å². The molecule has 0 saturated carbocycles. The summed E-state index contributed by atoms with van der Waals surface area (Å²) >= 11 is 6.10. The van der Waals surface area contributed by atoms with Gasteiger partial charge in [0.1, 0.15) is 0 Å². The molecule has 0 aromatic heterocycles. The first-order chi connectivity index (χ1) is 8.31. The number of hydrogen-bond donors (Lipinski definition) is 1. The van der Waals surface area contributed by atoms with Gasteiger partial charge in [0.05, 0.1) is 5.02 Å². The van der Waals surface area contributed by atoms with E-state index in [1.165, 1.54) is 19.3 Å². The molecule has 0 atom stereocenters. The van der Waals surface area contributed by atoms with Crippen LogP contribution in [0.2, 0.25) is 5.02 Å². The van der Waals surface area contributed by atoms with Crippen LogP contribution in [-0.4, -0.2) is 13.3 Å². The number of unbranched alkanes of at least 4 members (excludes halogenated alkanes) is 2. The first-order valence-electron chi connectivity index (χ1n) is 6.10. The van der Waals surface area contributed by atoms with Gasteiger partial charge in [0.2, 0.25) is 6.79 Å². The molecule has 0 fully saturated rings. The van der Waals surface area contributed by atoms with Crippen molar-refractivity contribution in [2.45, 2.75) is 32.7 Å². The van der Waals surface area contributed by atoms with Crippen LogP contribution in [0, 0.1) is 0 Å². The SMILES string of the molecule is CCCCCNCc1cc(Cl)c2c(c1)OCO2. The Kier molecular flexibility index (Phi) is 4.51. The molecule has 94 valence electrons. The van der Waals surface area contributed by atoms with E-state index in [1.54, 1.807) is 0 Å². The summed E-state index contributed by atoms with van der Waals surface area (Å²) in [6, 6.07) is 3.92. The maximum atomic E-state index is 6.10. The Hall–Kier alpha value is -0.930. The fourth-order valence-corrected chi connectivity index (χ4v) is 2.14. The lowest BCUT2D eigenvalue weighted by atomic mass is 10.2. The van der Waals surface area contributed by atoms with Gasteiger partial charge in [0.25, 0.3) is 0 Å². The van der Waals surface area contributed by atoms with Gasteiger partial charge in [-0.15, -0.1) is 0 Å².